The topological polar surface area (TPSA) is 69.6 Å². The third kappa shape index (κ3) is 4.19. The lowest BCUT2D eigenvalue weighted by Crippen LogP contribution is -2.34. The fourth-order valence-corrected chi connectivity index (χ4v) is 2.02. The summed E-state index contributed by atoms with van der Waals surface area (Å²) in [4.78, 5) is 11.8. The van der Waals surface area contributed by atoms with Crippen LogP contribution >= 0.6 is 11.8 Å². The van der Waals surface area contributed by atoms with E-state index in [0.717, 1.165) is 17.6 Å². The first-order valence-electron chi connectivity index (χ1n) is 5.45. The van der Waals surface area contributed by atoms with Gasteiger partial charge in [-0.1, -0.05) is 6.92 Å². The van der Waals surface area contributed by atoms with Gasteiger partial charge in [-0.15, -0.1) is 0 Å². The van der Waals surface area contributed by atoms with Gasteiger partial charge in [-0.2, -0.15) is 11.8 Å². The Balaban J connectivity index is 2.63. The Labute approximate surface area is 105 Å². The number of hydrogen-bond acceptors (Lipinski definition) is 4. The molecule has 1 amide bonds. The lowest BCUT2D eigenvalue weighted by Gasteiger charge is -2.13. The second-order valence-electron chi connectivity index (χ2n) is 3.74. The maximum Gasteiger partial charge on any atom is 0.255 e. The molecule has 4 nitrogen and oxygen atoms in total. The van der Waals surface area contributed by atoms with Gasteiger partial charge in [0, 0.05) is 17.9 Å². The molecule has 1 aromatic rings. The molecule has 0 radical (unpaired) electrons. The largest absolute Gasteiger partial charge is 0.508 e. The fourth-order valence-electron chi connectivity index (χ4n) is 1.35. The van der Waals surface area contributed by atoms with Crippen LogP contribution in [0.4, 0.5) is 0 Å². The molecule has 0 bridgehead atoms. The molecule has 1 unspecified atom stereocenters. The summed E-state index contributed by atoms with van der Waals surface area (Å²) in [5, 5.41) is 21.4. The van der Waals surface area contributed by atoms with Gasteiger partial charge in [0.15, 0.2) is 0 Å². The predicted octanol–water partition coefficient (Wildman–Crippen LogP) is 1.97. The number of carbonyl (C=O) groups is 1. The average Bonchev–Trinajstić information content (AvgIpc) is 2.26. The van der Waals surface area contributed by atoms with Crippen LogP contribution in [0, 0.1) is 0 Å². The molecule has 0 saturated carbocycles. The smallest absolute Gasteiger partial charge is 0.255 e. The third-order valence-corrected chi connectivity index (χ3v) is 3.32. The number of benzene rings is 1. The lowest BCUT2D eigenvalue weighted by atomic mass is 10.1. The van der Waals surface area contributed by atoms with Crippen molar-refractivity contribution in [2.45, 2.75) is 19.9 Å². The van der Waals surface area contributed by atoms with E-state index < -0.39 is 0 Å². The number of phenolic OH excluding ortho intramolecular Hbond substituents is 2. The number of rotatable bonds is 5. The molecule has 0 aliphatic heterocycles. The van der Waals surface area contributed by atoms with Crippen molar-refractivity contribution in [1.29, 1.82) is 0 Å². The van der Waals surface area contributed by atoms with E-state index in [0.29, 0.717) is 0 Å². The minimum atomic E-state index is -0.327. The molecule has 1 atom stereocenters. The quantitative estimate of drug-likeness (QED) is 0.752. The van der Waals surface area contributed by atoms with Gasteiger partial charge in [0.2, 0.25) is 0 Å². The van der Waals surface area contributed by atoms with Gasteiger partial charge in [-0.25, -0.2) is 0 Å². The molecular weight excluding hydrogens is 238 g/mol. The summed E-state index contributed by atoms with van der Waals surface area (Å²) < 4.78 is 0. The first-order valence-corrected chi connectivity index (χ1v) is 6.60. The van der Waals surface area contributed by atoms with Gasteiger partial charge in [0.25, 0.3) is 5.91 Å². The van der Waals surface area contributed by atoms with Crippen molar-refractivity contribution in [2.24, 2.45) is 0 Å². The second-order valence-corrected chi connectivity index (χ2v) is 5.05. The minimum absolute atomic E-state index is 0.0423. The van der Waals surface area contributed by atoms with Crippen molar-refractivity contribution in [1.82, 2.24) is 5.32 Å². The highest BCUT2D eigenvalue weighted by Crippen LogP contribution is 2.22. The van der Waals surface area contributed by atoms with Crippen LogP contribution in [0.3, 0.4) is 0 Å². The fraction of sp³-hybridized carbons (Fsp3) is 0.417. The van der Waals surface area contributed by atoms with Gasteiger partial charge < -0.3 is 15.5 Å². The van der Waals surface area contributed by atoms with E-state index in [1.165, 1.54) is 12.1 Å². The van der Waals surface area contributed by atoms with Crippen molar-refractivity contribution in [3.8, 4) is 11.5 Å². The van der Waals surface area contributed by atoms with Crippen molar-refractivity contribution < 1.29 is 15.0 Å². The molecule has 17 heavy (non-hydrogen) atoms. The van der Waals surface area contributed by atoms with Crippen molar-refractivity contribution in [3.63, 3.8) is 0 Å². The summed E-state index contributed by atoms with van der Waals surface area (Å²) in [5.74, 6) is 1.24. The van der Waals surface area contributed by atoms with Crippen LogP contribution in [0.1, 0.15) is 24.2 Å². The SMILES string of the molecule is CCSCC(C)NC(=O)c1ccc(O)cc1O. The van der Waals surface area contributed by atoms with Crippen LogP contribution in [-0.4, -0.2) is 33.7 Å². The monoisotopic (exact) mass is 255 g/mol. The highest BCUT2D eigenvalue weighted by Gasteiger charge is 2.13. The molecule has 1 aromatic carbocycles. The van der Waals surface area contributed by atoms with Crippen molar-refractivity contribution in [2.75, 3.05) is 11.5 Å². The van der Waals surface area contributed by atoms with Crippen LogP contribution < -0.4 is 5.32 Å². The second kappa shape index (κ2) is 6.39. The molecule has 0 aliphatic rings. The molecule has 94 valence electrons. The van der Waals surface area contributed by atoms with Crippen LogP contribution in [0.2, 0.25) is 0 Å². The van der Waals surface area contributed by atoms with E-state index in [-0.39, 0.29) is 29.0 Å². The highest BCUT2D eigenvalue weighted by atomic mass is 32.2. The van der Waals surface area contributed by atoms with Gasteiger partial charge in [0.1, 0.15) is 11.5 Å². The molecular formula is C12H17NO3S. The number of aromatic hydroxyl groups is 2. The number of thioether (sulfide) groups is 1. The molecule has 1 rings (SSSR count). The number of phenols is 2. The highest BCUT2D eigenvalue weighted by molar-refractivity contribution is 7.99. The van der Waals surface area contributed by atoms with Crippen LogP contribution in [0.5, 0.6) is 11.5 Å². The van der Waals surface area contributed by atoms with Crippen molar-refractivity contribution >= 4 is 17.7 Å². The van der Waals surface area contributed by atoms with E-state index >= 15 is 0 Å². The van der Waals surface area contributed by atoms with Gasteiger partial charge >= 0.3 is 0 Å². The first kappa shape index (κ1) is 13.7. The zero-order valence-corrected chi connectivity index (χ0v) is 10.8. The zero-order chi connectivity index (χ0) is 12.8. The number of hydrogen-bond donors (Lipinski definition) is 3. The Morgan fingerprint density at radius 1 is 1.47 bits per heavy atom. The molecule has 0 aromatic heterocycles. The van der Waals surface area contributed by atoms with Crippen LogP contribution in [-0.2, 0) is 0 Å². The zero-order valence-electron chi connectivity index (χ0n) is 9.93. The normalized spacial score (nSPS) is 12.1. The number of amides is 1. The molecule has 0 heterocycles. The molecule has 0 saturated heterocycles. The van der Waals surface area contributed by atoms with Crippen molar-refractivity contribution in [3.05, 3.63) is 23.8 Å². The molecule has 0 fully saturated rings. The van der Waals surface area contributed by atoms with Gasteiger partial charge in [-0.05, 0) is 24.8 Å². The summed E-state index contributed by atoms with van der Waals surface area (Å²) in [6, 6.07) is 3.97. The summed E-state index contributed by atoms with van der Waals surface area (Å²) in [7, 11) is 0. The molecule has 0 aliphatic carbocycles. The maximum absolute atomic E-state index is 11.8. The van der Waals surface area contributed by atoms with Crippen LogP contribution in [0.15, 0.2) is 18.2 Å². The molecule has 5 heteroatoms. The Hall–Kier alpha value is -1.36. The van der Waals surface area contributed by atoms with Crippen LogP contribution in [0.25, 0.3) is 0 Å². The number of nitrogens with one attached hydrogen (secondary N) is 1. The molecule has 0 spiro atoms. The summed E-state index contributed by atoms with van der Waals surface area (Å²) in [6.07, 6.45) is 0. The minimum Gasteiger partial charge on any atom is -0.508 e. The average molecular weight is 255 g/mol. The molecule has 3 N–H and O–H groups in total. The van der Waals surface area contributed by atoms with E-state index in [2.05, 4.69) is 12.2 Å². The maximum atomic E-state index is 11.8. The lowest BCUT2D eigenvalue weighted by molar-refractivity contribution is 0.0941. The Bertz CT molecular complexity index is 395. The summed E-state index contributed by atoms with van der Waals surface area (Å²) in [5.41, 5.74) is 0.177. The predicted molar refractivity (Wildman–Crippen MR) is 69.7 cm³/mol. The van der Waals surface area contributed by atoms with Gasteiger partial charge in [0.05, 0.1) is 5.56 Å². The van der Waals surface area contributed by atoms with E-state index in [1.54, 1.807) is 11.8 Å². The Morgan fingerprint density at radius 3 is 2.76 bits per heavy atom. The van der Waals surface area contributed by atoms with E-state index in [1.807, 2.05) is 6.92 Å². The Morgan fingerprint density at radius 2 is 2.18 bits per heavy atom. The third-order valence-electron chi connectivity index (χ3n) is 2.18. The standard InChI is InChI=1S/C12H17NO3S/c1-3-17-7-8(2)13-12(16)10-5-4-9(14)6-11(10)15/h4-6,8,14-15H,3,7H2,1-2H3,(H,13,16). The Kier molecular flexibility index (Phi) is 5.15. The first-order chi connectivity index (χ1) is 8.04. The van der Waals surface area contributed by atoms with Gasteiger partial charge in [-0.3, -0.25) is 4.79 Å². The summed E-state index contributed by atoms with van der Waals surface area (Å²) >= 11 is 1.74. The summed E-state index contributed by atoms with van der Waals surface area (Å²) in [6.45, 7) is 3.98. The number of carbonyl (C=O) groups excluding carboxylic acids is 1. The van der Waals surface area contributed by atoms with E-state index in [9.17, 15) is 9.90 Å². The van der Waals surface area contributed by atoms with E-state index in [4.69, 9.17) is 5.11 Å².